The molecule has 0 heterocycles. The van der Waals surface area contributed by atoms with E-state index in [0.29, 0.717) is 0 Å². The summed E-state index contributed by atoms with van der Waals surface area (Å²) in [6.07, 6.45) is 0. The molecule has 0 aliphatic heterocycles. The van der Waals surface area contributed by atoms with Gasteiger partial charge in [0.2, 0.25) is 16.3 Å². The third kappa shape index (κ3) is 9.40. The van der Waals surface area contributed by atoms with Crippen LogP contribution >= 0.6 is 0 Å². The number of sulfone groups is 1. The number of phenolic OH excluding ortho intramolecular Hbond substituents is 1. The normalized spacial score (nSPS) is 12.1. The van der Waals surface area contributed by atoms with Crippen LogP contribution in [0.4, 0.5) is 17.1 Å². The van der Waals surface area contributed by atoms with Crippen molar-refractivity contribution in [2.24, 2.45) is 10.2 Å². The van der Waals surface area contributed by atoms with Gasteiger partial charge in [-0.3, -0.25) is 8.98 Å². The summed E-state index contributed by atoms with van der Waals surface area (Å²) in [5.41, 5.74) is -0.390. The Labute approximate surface area is 247 Å². The molecule has 0 spiro atoms. The molecule has 0 radical (unpaired) electrons. The Morgan fingerprint density at radius 1 is 0.949 bits per heavy atom. The Bertz CT molecular complexity index is 1730. The van der Waals surface area contributed by atoms with Gasteiger partial charge >= 0.3 is 37.7 Å². The standard InChI is InChI=1S/C20H19N3O11S3.2Li/c1-12(24)21-15-3-2-13-10-18(36(28,29)30)19(20(25)17(13)11-15)23-22-14-4-6-16(7-5-14)35(26,27)9-8-34-37(31,32)33;;/h2-7,10-11,25H,8-9H2,1H3,(H,21,24)(H,28,29,30)(H,31,32,33);;/q;2*+1/p-2. The molecule has 2 N–H and O–H groups in total. The van der Waals surface area contributed by atoms with Crippen LogP contribution in [0.15, 0.2) is 68.6 Å². The number of azo groups is 1. The largest absolute Gasteiger partial charge is 1.00 e. The molecule has 0 aliphatic carbocycles. The third-order valence-corrected chi connectivity index (χ3v) is 7.68. The SMILES string of the molecule is CC(=O)Nc1ccc2cc(S(=O)(=O)[O-])c(N=Nc3ccc(S(=O)(=O)CCOS(=O)(=O)[O-])cc3)c(O)c2c1.[Li+].[Li+]. The second-order valence-electron chi connectivity index (χ2n) is 7.39. The predicted octanol–water partition coefficient (Wildman–Crippen LogP) is -3.92. The van der Waals surface area contributed by atoms with Crippen LogP contribution in [0.3, 0.4) is 0 Å². The fourth-order valence-corrected chi connectivity index (χ4v) is 5.23. The number of aromatic hydroxyl groups is 1. The van der Waals surface area contributed by atoms with Gasteiger partial charge in [0.05, 0.1) is 27.8 Å². The fourth-order valence-electron chi connectivity index (χ4n) is 3.10. The Morgan fingerprint density at radius 2 is 1.56 bits per heavy atom. The first-order valence-corrected chi connectivity index (χ1v) is 14.3. The monoisotopic (exact) mass is 585 g/mol. The maximum Gasteiger partial charge on any atom is 1.00 e. The van der Waals surface area contributed by atoms with E-state index >= 15 is 0 Å². The molecule has 0 unspecified atom stereocenters. The van der Waals surface area contributed by atoms with E-state index in [9.17, 15) is 44.3 Å². The molecule has 19 heteroatoms. The average Bonchev–Trinajstić information content (AvgIpc) is 2.77. The number of hydrogen-bond acceptors (Lipinski definition) is 13. The molecule has 3 aromatic rings. The summed E-state index contributed by atoms with van der Waals surface area (Å²) in [5.74, 6) is -1.90. The van der Waals surface area contributed by atoms with Crippen molar-refractivity contribution in [2.45, 2.75) is 16.7 Å². The Balaban J connectivity index is 0.00000380. The van der Waals surface area contributed by atoms with E-state index in [2.05, 4.69) is 19.7 Å². The zero-order valence-electron chi connectivity index (χ0n) is 20.7. The first kappa shape index (κ1) is 34.7. The summed E-state index contributed by atoms with van der Waals surface area (Å²) in [6.45, 7) is 0.380. The number of rotatable bonds is 9. The maximum absolute atomic E-state index is 12.2. The van der Waals surface area contributed by atoms with Crippen LogP contribution in [0.2, 0.25) is 0 Å². The van der Waals surface area contributed by atoms with Crippen LogP contribution < -0.4 is 43.0 Å². The van der Waals surface area contributed by atoms with Crippen molar-refractivity contribution in [1.29, 1.82) is 0 Å². The number of fused-ring (bicyclic) bond motifs is 1. The Morgan fingerprint density at radius 3 is 2.10 bits per heavy atom. The number of amides is 1. The molecule has 0 atom stereocenters. The van der Waals surface area contributed by atoms with Gasteiger partial charge in [0.25, 0.3) is 0 Å². The number of nitrogens with one attached hydrogen (secondary N) is 1. The zero-order chi connectivity index (χ0) is 27.6. The van der Waals surface area contributed by atoms with Gasteiger partial charge < -0.3 is 19.5 Å². The molecular formula is C20H17Li2N3O11S3. The number of benzene rings is 3. The number of carbonyl (C=O) groups is 1. The topological polar surface area (TPSA) is 232 Å². The summed E-state index contributed by atoms with van der Waals surface area (Å²) >= 11 is 0. The maximum atomic E-state index is 12.2. The van der Waals surface area contributed by atoms with E-state index in [1.165, 1.54) is 37.3 Å². The van der Waals surface area contributed by atoms with Crippen LogP contribution in [0.5, 0.6) is 5.75 Å². The summed E-state index contributed by atoms with van der Waals surface area (Å²) in [4.78, 5) is 10.2. The Hall–Kier alpha value is -2.29. The van der Waals surface area contributed by atoms with E-state index in [1.54, 1.807) is 0 Å². The second kappa shape index (κ2) is 13.4. The smallest absolute Gasteiger partial charge is 0.744 e. The molecule has 0 aliphatic rings. The molecule has 0 bridgehead atoms. The van der Waals surface area contributed by atoms with Gasteiger partial charge in [-0.15, -0.1) is 5.11 Å². The second-order valence-corrected chi connectivity index (χ2v) is 11.9. The average molecular weight is 585 g/mol. The summed E-state index contributed by atoms with van der Waals surface area (Å²) in [5, 5.41) is 20.9. The number of anilines is 1. The van der Waals surface area contributed by atoms with Gasteiger partial charge in [-0.25, -0.2) is 25.3 Å². The van der Waals surface area contributed by atoms with Crippen LogP contribution in [0.25, 0.3) is 10.8 Å². The number of phenols is 1. The van der Waals surface area contributed by atoms with E-state index in [4.69, 9.17) is 0 Å². The van der Waals surface area contributed by atoms with Crippen LogP contribution in [0, 0.1) is 0 Å². The fraction of sp³-hybridized carbons (Fsp3) is 0.150. The van der Waals surface area contributed by atoms with Gasteiger partial charge in [-0.1, -0.05) is 6.07 Å². The molecule has 14 nitrogen and oxygen atoms in total. The van der Waals surface area contributed by atoms with Crippen molar-refractivity contribution >= 4 is 64.1 Å². The van der Waals surface area contributed by atoms with Crippen LogP contribution in [0.1, 0.15) is 6.92 Å². The molecule has 0 fully saturated rings. The van der Waals surface area contributed by atoms with Crippen molar-refractivity contribution < 1.29 is 86.2 Å². The van der Waals surface area contributed by atoms with Gasteiger partial charge in [0.15, 0.2) is 15.6 Å². The first-order valence-electron chi connectivity index (χ1n) is 9.95. The summed E-state index contributed by atoms with van der Waals surface area (Å²) in [6, 6.07) is 9.65. The van der Waals surface area contributed by atoms with Crippen molar-refractivity contribution in [3.05, 3.63) is 48.5 Å². The summed E-state index contributed by atoms with van der Waals surface area (Å²) < 4.78 is 95.1. The molecule has 0 saturated heterocycles. The minimum absolute atomic E-state index is 0. The van der Waals surface area contributed by atoms with Gasteiger partial charge in [0.1, 0.15) is 15.8 Å². The zero-order valence-corrected chi connectivity index (χ0v) is 23.1. The predicted molar refractivity (Wildman–Crippen MR) is 126 cm³/mol. The van der Waals surface area contributed by atoms with Crippen molar-refractivity contribution in [1.82, 2.24) is 0 Å². The summed E-state index contributed by atoms with van der Waals surface area (Å²) in [7, 11) is -14.2. The van der Waals surface area contributed by atoms with E-state index in [-0.39, 0.29) is 64.8 Å². The van der Waals surface area contributed by atoms with Crippen molar-refractivity contribution in [3.63, 3.8) is 0 Å². The van der Waals surface area contributed by atoms with Crippen LogP contribution in [-0.2, 0) is 39.3 Å². The first-order chi connectivity index (χ1) is 17.1. The van der Waals surface area contributed by atoms with E-state index in [0.717, 1.165) is 18.2 Å². The molecule has 1 amide bonds. The van der Waals surface area contributed by atoms with Gasteiger partial charge in [0, 0.05) is 18.0 Å². The van der Waals surface area contributed by atoms with Crippen molar-refractivity contribution in [3.8, 4) is 5.75 Å². The quantitative estimate of drug-likeness (QED) is 0.107. The minimum atomic E-state index is -5.12. The molecular weight excluding hydrogens is 568 g/mol. The van der Waals surface area contributed by atoms with Crippen LogP contribution in [-0.4, -0.2) is 57.7 Å². The molecule has 3 rings (SSSR count). The molecule has 198 valence electrons. The number of carbonyl (C=O) groups excluding carboxylic acids is 1. The molecule has 0 aromatic heterocycles. The molecule has 3 aromatic carbocycles. The molecule has 0 saturated carbocycles. The van der Waals surface area contributed by atoms with Gasteiger partial charge in [-0.05, 0) is 47.9 Å². The number of nitrogens with zero attached hydrogens (tertiary/aromatic N) is 2. The number of hydrogen-bond donors (Lipinski definition) is 2. The molecule has 39 heavy (non-hydrogen) atoms. The van der Waals surface area contributed by atoms with E-state index in [1.807, 2.05) is 0 Å². The minimum Gasteiger partial charge on any atom is -0.744 e. The van der Waals surface area contributed by atoms with Gasteiger partial charge in [-0.2, -0.15) is 5.11 Å². The third-order valence-electron chi connectivity index (χ3n) is 4.68. The van der Waals surface area contributed by atoms with E-state index < -0.39 is 65.0 Å². The van der Waals surface area contributed by atoms with Crippen molar-refractivity contribution in [2.75, 3.05) is 17.7 Å². The Kier molecular flexibility index (Phi) is 11.9.